The van der Waals surface area contributed by atoms with Crippen LogP contribution in [0.4, 0.5) is 0 Å². The zero-order chi connectivity index (χ0) is 14.5. The summed E-state index contributed by atoms with van der Waals surface area (Å²) in [7, 11) is 0. The highest BCUT2D eigenvalue weighted by molar-refractivity contribution is 5.93. The summed E-state index contributed by atoms with van der Waals surface area (Å²) in [6.07, 6.45) is 6.12. The van der Waals surface area contributed by atoms with E-state index in [0.717, 1.165) is 24.8 Å². The van der Waals surface area contributed by atoms with Gasteiger partial charge in [-0.25, -0.2) is 4.98 Å². The van der Waals surface area contributed by atoms with E-state index in [4.69, 9.17) is 0 Å². The molecule has 2 heterocycles. The minimum atomic E-state index is -0.352. The van der Waals surface area contributed by atoms with Crippen LogP contribution in [0.1, 0.15) is 42.1 Å². The fourth-order valence-electron chi connectivity index (χ4n) is 2.01. The summed E-state index contributed by atoms with van der Waals surface area (Å²) in [6, 6.07) is 3.64. The molecule has 20 heavy (non-hydrogen) atoms. The van der Waals surface area contributed by atoms with E-state index in [2.05, 4.69) is 17.2 Å². The Hall–Kier alpha value is -2.17. The minimum absolute atomic E-state index is 0.0876. The van der Waals surface area contributed by atoms with E-state index in [-0.39, 0.29) is 17.0 Å². The van der Waals surface area contributed by atoms with Gasteiger partial charge in [-0.15, -0.1) is 0 Å². The van der Waals surface area contributed by atoms with Crippen LogP contribution in [0.15, 0.2) is 29.3 Å². The normalized spacial score (nSPS) is 10.7. The van der Waals surface area contributed by atoms with Gasteiger partial charge in [0.1, 0.15) is 11.2 Å². The fourth-order valence-corrected chi connectivity index (χ4v) is 2.01. The van der Waals surface area contributed by atoms with Gasteiger partial charge in [-0.05, 0) is 25.0 Å². The van der Waals surface area contributed by atoms with Crippen LogP contribution in [0.3, 0.4) is 0 Å². The number of amides is 1. The highest BCUT2D eigenvalue weighted by Crippen LogP contribution is 2.02. The molecule has 1 N–H and O–H groups in total. The Morgan fingerprint density at radius 1 is 1.35 bits per heavy atom. The van der Waals surface area contributed by atoms with Crippen molar-refractivity contribution in [1.82, 2.24) is 14.7 Å². The summed E-state index contributed by atoms with van der Waals surface area (Å²) in [5.41, 5.74) is 1.25. The van der Waals surface area contributed by atoms with Crippen molar-refractivity contribution in [2.45, 2.75) is 33.1 Å². The van der Waals surface area contributed by atoms with E-state index in [0.29, 0.717) is 12.2 Å². The van der Waals surface area contributed by atoms with E-state index in [1.807, 2.05) is 13.0 Å². The monoisotopic (exact) mass is 273 g/mol. The third-order valence-corrected chi connectivity index (χ3v) is 3.16. The van der Waals surface area contributed by atoms with Gasteiger partial charge in [0.15, 0.2) is 0 Å². The third kappa shape index (κ3) is 3.04. The van der Waals surface area contributed by atoms with Crippen LogP contribution < -0.4 is 10.9 Å². The van der Waals surface area contributed by atoms with Crippen molar-refractivity contribution in [2.24, 2.45) is 0 Å². The molecule has 0 spiro atoms. The molecule has 0 saturated carbocycles. The van der Waals surface area contributed by atoms with Crippen LogP contribution >= 0.6 is 0 Å². The van der Waals surface area contributed by atoms with Gasteiger partial charge in [0, 0.05) is 18.9 Å². The number of pyridine rings is 1. The van der Waals surface area contributed by atoms with Crippen molar-refractivity contribution >= 4 is 11.6 Å². The molecule has 1 amide bonds. The summed E-state index contributed by atoms with van der Waals surface area (Å²) in [5, 5.41) is 2.76. The Bertz CT molecular complexity index is 676. The number of hydrogen-bond acceptors (Lipinski definition) is 3. The van der Waals surface area contributed by atoms with Crippen molar-refractivity contribution in [3.8, 4) is 0 Å². The van der Waals surface area contributed by atoms with Crippen LogP contribution in [0, 0.1) is 6.92 Å². The molecule has 0 fully saturated rings. The molecule has 5 nitrogen and oxygen atoms in total. The van der Waals surface area contributed by atoms with Crippen molar-refractivity contribution in [3.63, 3.8) is 0 Å². The molecule has 0 unspecified atom stereocenters. The van der Waals surface area contributed by atoms with E-state index in [1.165, 1.54) is 10.6 Å². The second kappa shape index (κ2) is 6.32. The number of carbonyl (C=O) groups is 1. The second-order valence-electron chi connectivity index (χ2n) is 4.87. The summed E-state index contributed by atoms with van der Waals surface area (Å²) in [5.74, 6) is -0.352. The van der Waals surface area contributed by atoms with Gasteiger partial charge in [0.2, 0.25) is 0 Å². The molecule has 0 aliphatic heterocycles. The molecule has 0 bridgehead atoms. The van der Waals surface area contributed by atoms with Gasteiger partial charge in [-0.3, -0.25) is 14.0 Å². The van der Waals surface area contributed by atoms with Crippen molar-refractivity contribution in [3.05, 3.63) is 46.0 Å². The number of rotatable bonds is 5. The van der Waals surface area contributed by atoms with E-state index < -0.39 is 0 Å². The van der Waals surface area contributed by atoms with E-state index in [1.54, 1.807) is 12.3 Å². The smallest absolute Gasteiger partial charge is 0.270 e. The predicted octanol–water partition coefficient (Wildman–Crippen LogP) is 1.92. The maximum absolute atomic E-state index is 12.3. The lowest BCUT2D eigenvalue weighted by molar-refractivity contribution is 0.0951. The maximum atomic E-state index is 12.3. The summed E-state index contributed by atoms with van der Waals surface area (Å²) in [6.45, 7) is 4.58. The van der Waals surface area contributed by atoms with Gasteiger partial charge in [-0.1, -0.05) is 25.8 Å². The van der Waals surface area contributed by atoms with Crippen LogP contribution in [-0.4, -0.2) is 21.8 Å². The lowest BCUT2D eigenvalue weighted by Gasteiger charge is -2.06. The Morgan fingerprint density at radius 3 is 2.90 bits per heavy atom. The molecule has 0 saturated heterocycles. The van der Waals surface area contributed by atoms with E-state index in [9.17, 15) is 9.59 Å². The molecule has 2 aromatic heterocycles. The molecule has 0 atom stereocenters. The number of fused-ring (bicyclic) bond motifs is 1. The standard InChI is InChI=1S/C15H19N3O2/c1-3-4-5-8-16-14(19)12-9-17-13-7-6-11(2)10-18(13)15(12)20/h6-7,9-10H,3-5,8H2,1-2H3,(H,16,19). The van der Waals surface area contributed by atoms with Crippen molar-refractivity contribution in [1.29, 1.82) is 0 Å². The van der Waals surface area contributed by atoms with Crippen LogP contribution in [0.25, 0.3) is 5.65 Å². The summed E-state index contributed by atoms with van der Waals surface area (Å²) in [4.78, 5) is 28.4. The molecule has 0 aromatic carbocycles. The lowest BCUT2D eigenvalue weighted by atomic mass is 10.2. The Morgan fingerprint density at radius 2 is 2.15 bits per heavy atom. The molecule has 106 valence electrons. The highest BCUT2D eigenvalue weighted by atomic mass is 16.2. The number of unbranched alkanes of at least 4 members (excludes halogenated alkanes) is 2. The van der Waals surface area contributed by atoms with Crippen LogP contribution in [-0.2, 0) is 0 Å². The maximum Gasteiger partial charge on any atom is 0.270 e. The zero-order valence-corrected chi connectivity index (χ0v) is 11.8. The molecule has 0 radical (unpaired) electrons. The van der Waals surface area contributed by atoms with Gasteiger partial charge in [0.05, 0.1) is 0 Å². The topological polar surface area (TPSA) is 63.5 Å². The largest absolute Gasteiger partial charge is 0.352 e. The third-order valence-electron chi connectivity index (χ3n) is 3.16. The molecular formula is C15H19N3O2. The highest BCUT2D eigenvalue weighted by Gasteiger charge is 2.12. The second-order valence-corrected chi connectivity index (χ2v) is 4.87. The first-order valence-corrected chi connectivity index (χ1v) is 6.89. The minimum Gasteiger partial charge on any atom is -0.352 e. The van der Waals surface area contributed by atoms with Crippen LogP contribution in [0.2, 0.25) is 0 Å². The fraction of sp³-hybridized carbons (Fsp3) is 0.400. The van der Waals surface area contributed by atoms with Crippen molar-refractivity contribution < 1.29 is 4.79 Å². The van der Waals surface area contributed by atoms with E-state index >= 15 is 0 Å². The molecule has 2 aromatic rings. The number of hydrogen-bond donors (Lipinski definition) is 1. The van der Waals surface area contributed by atoms with Gasteiger partial charge in [-0.2, -0.15) is 0 Å². The quantitative estimate of drug-likeness (QED) is 0.847. The molecule has 5 heteroatoms. The summed E-state index contributed by atoms with van der Waals surface area (Å²) >= 11 is 0. The van der Waals surface area contributed by atoms with Gasteiger partial charge < -0.3 is 5.32 Å². The predicted molar refractivity (Wildman–Crippen MR) is 78.1 cm³/mol. The van der Waals surface area contributed by atoms with Crippen molar-refractivity contribution in [2.75, 3.05) is 6.54 Å². The Labute approximate surface area is 117 Å². The SMILES string of the molecule is CCCCCNC(=O)c1cnc2ccc(C)cn2c1=O. The van der Waals surface area contributed by atoms with Crippen LogP contribution in [0.5, 0.6) is 0 Å². The molecule has 0 aliphatic rings. The zero-order valence-electron chi connectivity index (χ0n) is 11.8. The molecule has 0 aliphatic carbocycles. The average molecular weight is 273 g/mol. The number of nitrogens with one attached hydrogen (secondary N) is 1. The number of carbonyl (C=O) groups excluding carboxylic acids is 1. The van der Waals surface area contributed by atoms with Gasteiger partial charge >= 0.3 is 0 Å². The number of nitrogens with zero attached hydrogens (tertiary/aromatic N) is 2. The molecular weight excluding hydrogens is 254 g/mol. The van der Waals surface area contributed by atoms with Gasteiger partial charge in [0.25, 0.3) is 11.5 Å². The average Bonchev–Trinajstić information content (AvgIpc) is 2.44. The first kappa shape index (κ1) is 14.2. The molecule has 2 rings (SSSR count). The Kier molecular flexibility index (Phi) is 4.50. The first-order chi connectivity index (χ1) is 9.63. The number of aryl methyl sites for hydroxylation is 1. The Balaban J connectivity index is 2.24. The summed E-state index contributed by atoms with van der Waals surface area (Å²) < 4.78 is 1.41. The number of aromatic nitrogens is 2. The lowest BCUT2D eigenvalue weighted by Crippen LogP contribution is -2.32. The first-order valence-electron chi connectivity index (χ1n) is 6.89.